The molecular weight excluding hydrogens is 396 g/mol. The molecule has 0 saturated heterocycles. The van der Waals surface area contributed by atoms with Crippen LogP contribution >= 0.6 is 11.6 Å². The Balaban J connectivity index is 1.67. The fraction of sp³-hybridized carbons (Fsp3) is 0. The molecule has 5 rings (SSSR count). The zero-order valence-corrected chi connectivity index (χ0v) is 15.5. The summed E-state index contributed by atoms with van der Waals surface area (Å²) >= 11 is 5.93. The van der Waals surface area contributed by atoms with Crippen LogP contribution in [0.4, 0.5) is 8.78 Å². The second-order valence-electron chi connectivity index (χ2n) is 6.41. The van der Waals surface area contributed by atoms with Crippen LogP contribution in [-0.4, -0.2) is 24.7 Å². The van der Waals surface area contributed by atoms with Crippen molar-refractivity contribution in [3.63, 3.8) is 0 Å². The first-order chi connectivity index (χ1) is 14.1. The summed E-state index contributed by atoms with van der Waals surface area (Å²) in [7, 11) is 0. The minimum absolute atomic E-state index is 0.145. The van der Waals surface area contributed by atoms with E-state index < -0.39 is 11.6 Å². The molecular formula is C21H12ClF2N5. The van der Waals surface area contributed by atoms with Gasteiger partial charge in [-0.15, -0.1) is 0 Å². The van der Waals surface area contributed by atoms with Crippen LogP contribution in [0.5, 0.6) is 0 Å². The number of benzene rings is 2. The lowest BCUT2D eigenvalue weighted by molar-refractivity contribution is 0.588. The van der Waals surface area contributed by atoms with Crippen LogP contribution in [0.25, 0.3) is 39.2 Å². The third-order valence-corrected chi connectivity index (χ3v) is 4.89. The van der Waals surface area contributed by atoms with E-state index in [-0.39, 0.29) is 11.3 Å². The number of halogens is 3. The number of hydrogen-bond acceptors (Lipinski definition) is 3. The van der Waals surface area contributed by atoms with Crippen LogP contribution in [0, 0.1) is 11.6 Å². The maximum atomic E-state index is 14.3. The third-order valence-electron chi connectivity index (χ3n) is 4.67. The van der Waals surface area contributed by atoms with E-state index in [1.807, 2.05) is 22.8 Å². The van der Waals surface area contributed by atoms with Gasteiger partial charge in [-0.05, 0) is 42.0 Å². The van der Waals surface area contributed by atoms with Gasteiger partial charge in [-0.3, -0.25) is 9.67 Å². The molecule has 8 heteroatoms. The van der Waals surface area contributed by atoms with E-state index in [4.69, 9.17) is 11.6 Å². The summed E-state index contributed by atoms with van der Waals surface area (Å²) in [5.74, 6) is -0.666. The number of aromatic amines is 1. The lowest BCUT2D eigenvalue weighted by Gasteiger charge is -2.08. The Kier molecular flexibility index (Phi) is 4.10. The number of fused-ring (bicyclic) bond motifs is 1. The molecule has 0 fully saturated rings. The number of hydrogen-bond donors (Lipinski definition) is 1. The average Bonchev–Trinajstić information content (AvgIpc) is 3.35. The van der Waals surface area contributed by atoms with Gasteiger partial charge in [0.25, 0.3) is 0 Å². The summed E-state index contributed by atoms with van der Waals surface area (Å²) in [5.41, 5.74) is 2.99. The van der Waals surface area contributed by atoms with E-state index in [0.29, 0.717) is 16.4 Å². The molecule has 29 heavy (non-hydrogen) atoms. The monoisotopic (exact) mass is 407 g/mol. The number of nitrogens with one attached hydrogen (secondary N) is 1. The third kappa shape index (κ3) is 2.96. The molecule has 0 radical (unpaired) electrons. The van der Waals surface area contributed by atoms with Gasteiger partial charge >= 0.3 is 0 Å². The molecule has 0 unspecified atom stereocenters. The predicted octanol–water partition coefficient (Wildman–Crippen LogP) is 5.41. The van der Waals surface area contributed by atoms with Gasteiger partial charge in [-0.25, -0.2) is 18.7 Å². The zero-order chi connectivity index (χ0) is 20.0. The molecule has 1 N–H and O–H groups in total. The van der Waals surface area contributed by atoms with Gasteiger partial charge < -0.3 is 0 Å². The standard InChI is InChI=1S/C21H12ClF2N5/c22-13-5-7-19(25-9-13)29-11-26-17-6-4-12(8-18(17)29)14-10-27-28-21(14)20-15(23)2-1-3-16(20)24/h1-11H,(H,27,28). The van der Waals surface area contributed by atoms with Crippen molar-refractivity contribution in [2.24, 2.45) is 0 Å². The van der Waals surface area contributed by atoms with Crippen molar-refractivity contribution < 1.29 is 8.78 Å². The summed E-state index contributed by atoms with van der Waals surface area (Å²) < 4.78 is 30.4. The van der Waals surface area contributed by atoms with Gasteiger partial charge in [0.05, 0.1) is 33.5 Å². The highest BCUT2D eigenvalue weighted by Crippen LogP contribution is 2.34. The number of pyridine rings is 1. The average molecular weight is 408 g/mol. The maximum Gasteiger partial charge on any atom is 0.138 e. The van der Waals surface area contributed by atoms with Gasteiger partial charge in [-0.1, -0.05) is 23.7 Å². The van der Waals surface area contributed by atoms with Crippen molar-refractivity contribution >= 4 is 22.6 Å². The molecule has 5 aromatic rings. The summed E-state index contributed by atoms with van der Waals surface area (Å²) in [6.45, 7) is 0. The molecule has 0 aliphatic rings. The molecule has 0 bridgehead atoms. The fourth-order valence-corrected chi connectivity index (χ4v) is 3.41. The molecule has 0 spiro atoms. The van der Waals surface area contributed by atoms with Crippen molar-refractivity contribution in [1.82, 2.24) is 24.7 Å². The molecule has 0 aliphatic heterocycles. The number of rotatable bonds is 3. The van der Waals surface area contributed by atoms with Crippen molar-refractivity contribution in [2.75, 3.05) is 0 Å². The van der Waals surface area contributed by atoms with Crippen LogP contribution in [0.2, 0.25) is 5.02 Å². The van der Waals surface area contributed by atoms with E-state index in [1.165, 1.54) is 18.2 Å². The van der Waals surface area contributed by atoms with Gasteiger partial charge in [0.1, 0.15) is 23.8 Å². The highest BCUT2D eigenvalue weighted by Gasteiger charge is 2.18. The SMILES string of the molecule is Fc1cccc(F)c1-c1[nH]ncc1-c1ccc2ncn(-c3ccc(Cl)cn3)c2c1. The minimum Gasteiger partial charge on any atom is -0.283 e. The lowest BCUT2D eigenvalue weighted by Crippen LogP contribution is -1.95. The largest absolute Gasteiger partial charge is 0.283 e. The highest BCUT2D eigenvalue weighted by atomic mass is 35.5. The Hall–Kier alpha value is -3.58. The first-order valence-electron chi connectivity index (χ1n) is 8.69. The second-order valence-corrected chi connectivity index (χ2v) is 6.84. The fourth-order valence-electron chi connectivity index (χ4n) is 3.30. The molecule has 2 aromatic carbocycles. The van der Waals surface area contributed by atoms with E-state index >= 15 is 0 Å². The van der Waals surface area contributed by atoms with Crippen molar-refractivity contribution in [3.8, 4) is 28.2 Å². The van der Waals surface area contributed by atoms with Gasteiger partial charge in [-0.2, -0.15) is 5.10 Å². The van der Waals surface area contributed by atoms with Gasteiger partial charge in [0, 0.05) is 11.8 Å². The van der Waals surface area contributed by atoms with E-state index in [2.05, 4.69) is 20.2 Å². The molecule has 0 aliphatic carbocycles. The first kappa shape index (κ1) is 17.5. The molecule has 3 aromatic heterocycles. The van der Waals surface area contributed by atoms with Crippen LogP contribution < -0.4 is 0 Å². The van der Waals surface area contributed by atoms with E-state index in [9.17, 15) is 8.78 Å². The van der Waals surface area contributed by atoms with E-state index in [1.54, 1.807) is 30.9 Å². The molecule has 3 heterocycles. The van der Waals surface area contributed by atoms with Gasteiger partial charge in [0.2, 0.25) is 0 Å². The van der Waals surface area contributed by atoms with Crippen molar-refractivity contribution in [2.45, 2.75) is 0 Å². The summed E-state index contributed by atoms with van der Waals surface area (Å²) in [4.78, 5) is 8.72. The number of nitrogens with zero attached hydrogens (tertiary/aromatic N) is 4. The summed E-state index contributed by atoms with van der Waals surface area (Å²) in [6, 6.07) is 12.8. The summed E-state index contributed by atoms with van der Waals surface area (Å²) in [5, 5.41) is 7.26. The van der Waals surface area contributed by atoms with Crippen LogP contribution in [0.15, 0.2) is 67.3 Å². The second kappa shape index (κ2) is 6.79. The van der Waals surface area contributed by atoms with Gasteiger partial charge in [0.15, 0.2) is 0 Å². The summed E-state index contributed by atoms with van der Waals surface area (Å²) in [6.07, 6.45) is 4.77. The van der Waals surface area contributed by atoms with Crippen molar-refractivity contribution in [1.29, 1.82) is 0 Å². The Morgan fingerprint density at radius 1 is 0.931 bits per heavy atom. The van der Waals surface area contributed by atoms with Crippen LogP contribution in [0.1, 0.15) is 0 Å². The highest BCUT2D eigenvalue weighted by molar-refractivity contribution is 6.30. The Morgan fingerprint density at radius 3 is 2.52 bits per heavy atom. The predicted molar refractivity (Wildman–Crippen MR) is 107 cm³/mol. The first-order valence-corrected chi connectivity index (χ1v) is 9.07. The molecule has 0 saturated carbocycles. The van der Waals surface area contributed by atoms with Crippen molar-refractivity contribution in [3.05, 3.63) is 83.9 Å². The molecule has 0 atom stereocenters. The quantitative estimate of drug-likeness (QED) is 0.435. The number of H-pyrrole nitrogens is 1. The normalized spacial score (nSPS) is 11.3. The molecule has 142 valence electrons. The van der Waals surface area contributed by atoms with E-state index in [0.717, 1.165) is 16.6 Å². The number of imidazole rings is 1. The Bertz CT molecular complexity index is 1320. The molecule has 5 nitrogen and oxygen atoms in total. The van der Waals surface area contributed by atoms with Crippen LogP contribution in [-0.2, 0) is 0 Å². The zero-order valence-electron chi connectivity index (χ0n) is 14.8. The lowest BCUT2D eigenvalue weighted by atomic mass is 10.0. The minimum atomic E-state index is -0.660. The topological polar surface area (TPSA) is 59.4 Å². The Labute approximate surface area is 168 Å². The number of aromatic nitrogens is 5. The smallest absolute Gasteiger partial charge is 0.138 e. The maximum absolute atomic E-state index is 14.3. The van der Waals surface area contributed by atoms with Crippen LogP contribution in [0.3, 0.4) is 0 Å². The molecule has 0 amide bonds. The Morgan fingerprint density at radius 2 is 1.76 bits per heavy atom.